The maximum atomic E-state index is 12.9. The number of hydrogen-bond donors (Lipinski definition) is 0. The van der Waals surface area contributed by atoms with Gasteiger partial charge in [-0.05, 0) is 29.8 Å². The van der Waals surface area contributed by atoms with Crippen molar-refractivity contribution in [3.8, 4) is 0 Å². The summed E-state index contributed by atoms with van der Waals surface area (Å²) in [5, 5.41) is 0.481. The molecular formula is C13H8BrClFNO. The maximum Gasteiger partial charge on any atom is 0.185 e. The van der Waals surface area contributed by atoms with E-state index in [1.54, 1.807) is 18.2 Å². The van der Waals surface area contributed by atoms with Crippen LogP contribution in [0, 0.1) is 5.82 Å². The summed E-state index contributed by atoms with van der Waals surface area (Å²) in [6, 6.07) is 7.41. The largest absolute Gasteiger partial charge is 0.292 e. The molecule has 0 bridgehead atoms. The standard InChI is InChI=1S/C13H8BrClFNO/c14-11-6-10(16)3-1-8(11)5-13(18)12-4-2-9(15)7-17-12/h1-4,6-7H,5H2. The van der Waals surface area contributed by atoms with Crippen LogP contribution in [0.1, 0.15) is 16.1 Å². The second-order valence-electron chi connectivity index (χ2n) is 3.70. The van der Waals surface area contributed by atoms with E-state index in [1.807, 2.05) is 0 Å². The quantitative estimate of drug-likeness (QED) is 0.795. The number of hydrogen-bond acceptors (Lipinski definition) is 2. The Balaban J connectivity index is 2.18. The van der Waals surface area contributed by atoms with Gasteiger partial charge in [0, 0.05) is 17.1 Å². The topological polar surface area (TPSA) is 30.0 Å². The minimum atomic E-state index is -0.345. The summed E-state index contributed by atoms with van der Waals surface area (Å²) in [5.41, 5.74) is 1.06. The van der Waals surface area contributed by atoms with Crippen LogP contribution in [0.5, 0.6) is 0 Å². The van der Waals surface area contributed by atoms with Gasteiger partial charge in [0.1, 0.15) is 11.5 Å². The zero-order chi connectivity index (χ0) is 13.1. The van der Waals surface area contributed by atoms with Gasteiger partial charge in [-0.1, -0.05) is 33.6 Å². The Morgan fingerprint density at radius 1 is 1.33 bits per heavy atom. The molecule has 0 atom stereocenters. The molecule has 0 fully saturated rings. The van der Waals surface area contributed by atoms with Crippen LogP contribution in [-0.2, 0) is 6.42 Å². The first-order chi connectivity index (χ1) is 8.56. The lowest BCUT2D eigenvalue weighted by Gasteiger charge is -2.04. The molecule has 0 spiro atoms. The van der Waals surface area contributed by atoms with E-state index in [0.29, 0.717) is 15.2 Å². The van der Waals surface area contributed by atoms with Crippen molar-refractivity contribution in [1.82, 2.24) is 4.98 Å². The predicted molar refractivity (Wildman–Crippen MR) is 71.4 cm³/mol. The molecule has 0 radical (unpaired) electrons. The van der Waals surface area contributed by atoms with Crippen LogP contribution in [0.2, 0.25) is 5.02 Å². The molecule has 1 aromatic heterocycles. The van der Waals surface area contributed by atoms with Crippen molar-refractivity contribution in [2.75, 3.05) is 0 Å². The molecule has 2 rings (SSSR count). The lowest BCUT2D eigenvalue weighted by atomic mass is 10.1. The summed E-state index contributed by atoms with van der Waals surface area (Å²) in [4.78, 5) is 15.9. The third kappa shape index (κ3) is 3.15. The highest BCUT2D eigenvalue weighted by molar-refractivity contribution is 9.10. The van der Waals surface area contributed by atoms with E-state index in [2.05, 4.69) is 20.9 Å². The van der Waals surface area contributed by atoms with E-state index >= 15 is 0 Å². The predicted octanol–water partition coefficient (Wildman–Crippen LogP) is 4.06. The number of halogens is 3. The van der Waals surface area contributed by atoms with Gasteiger partial charge in [-0.2, -0.15) is 0 Å². The molecule has 2 nitrogen and oxygen atoms in total. The van der Waals surface area contributed by atoms with E-state index in [9.17, 15) is 9.18 Å². The average Bonchev–Trinajstić information content (AvgIpc) is 2.33. The lowest BCUT2D eigenvalue weighted by molar-refractivity contribution is 0.0988. The van der Waals surface area contributed by atoms with Crippen LogP contribution >= 0.6 is 27.5 Å². The van der Waals surface area contributed by atoms with Crippen LogP contribution in [0.3, 0.4) is 0 Å². The van der Waals surface area contributed by atoms with Gasteiger partial charge < -0.3 is 0 Å². The third-order valence-corrected chi connectivity index (χ3v) is 3.34. The Labute approximate surface area is 117 Å². The molecule has 18 heavy (non-hydrogen) atoms. The Kier molecular flexibility index (Phi) is 4.09. The summed E-state index contributed by atoms with van der Waals surface area (Å²) < 4.78 is 13.5. The SMILES string of the molecule is O=C(Cc1ccc(F)cc1Br)c1ccc(Cl)cn1. The Morgan fingerprint density at radius 2 is 2.11 bits per heavy atom. The summed E-state index contributed by atoms with van der Waals surface area (Å²) in [5.74, 6) is -0.485. The average molecular weight is 329 g/mol. The van der Waals surface area contributed by atoms with E-state index in [4.69, 9.17) is 11.6 Å². The fourth-order valence-corrected chi connectivity index (χ4v) is 2.07. The summed E-state index contributed by atoms with van der Waals surface area (Å²) in [6.45, 7) is 0. The van der Waals surface area contributed by atoms with Crippen molar-refractivity contribution in [1.29, 1.82) is 0 Å². The second kappa shape index (κ2) is 5.59. The van der Waals surface area contributed by atoms with Crippen LogP contribution in [0.25, 0.3) is 0 Å². The number of Topliss-reactive ketones (excluding diaryl/α,β-unsaturated/α-hetero) is 1. The number of rotatable bonds is 3. The van der Waals surface area contributed by atoms with Crippen LogP contribution in [-0.4, -0.2) is 10.8 Å². The normalized spacial score (nSPS) is 10.4. The summed E-state index contributed by atoms with van der Waals surface area (Å²) in [7, 11) is 0. The molecule has 0 unspecified atom stereocenters. The number of carbonyl (C=O) groups excluding carboxylic acids is 1. The minimum absolute atomic E-state index is 0.140. The van der Waals surface area contributed by atoms with Gasteiger partial charge in [0.05, 0.1) is 5.02 Å². The van der Waals surface area contributed by atoms with Crippen molar-refractivity contribution < 1.29 is 9.18 Å². The lowest BCUT2D eigenvalue weighted by Crippen LogP contribution is -2.06. The molecule has 0 amide bonds. The molecule has 0 aliphatic rings. The van der Waals surface area contributed by atoms with Crippen molar-refractivity contribution in [3.63, 3.8) is 0 Å². The fourth-order valence-electron chi connectivity index (χ4n) is 1.47. The molecule has 2 aromatic rings. The van der Waals surface area contributed by atoms with Gasteiger partial charge in [-0.3, -0.25) is 9.78 Å². The van der Waals surface area contributed by atoms with Gasteiger partial charge in [-0.15, -0.1) is 0 Å². The number of carbonyl (C=O) groups is 1. The van der Waals surface area contributed by atoms with Gasteiger partial charge >= 0.3 is 0 Å². The molecular weight excluding hydrogens is 321 g/mol. The number of nitrogens with zero attached hydrogens (tertiary/aromatic N) is 1. The first kappa shape index (κ1) is 13.2. The molecule has 0 saturated carbocycles. The maximum absolute atomic E-state index is 12.9. The smallest absolute Gasteiger partial charge is 0.185 e. The van der Waals surface area contributed by atoms with Crippen molar-refractivity contribution in [3.05, 3.63) is 63.1 Å². The summed E-state index contributed by atoms with van der Waals surface area (Å²) >= 11 is 8.92. The molecule has 0 N–H and O–H groups in total. The molecule has 5 heteroatoms. The van der Waals surface area contributed by atoms with E-state index < -0.39 is 0 Å². The highest BCUT2D eigenvalue weighted by atomic mass is 79.9. The van der Waals surface area contributed by atoms with Gasteiger partial charge in [0.15, 0.2) is 5.78 Å². The summed E-state index contributed by atoms with van der Waals surface area (Å²) in [6.07, 6.45) is 1.59. The zero-order valence-corrected chi connectivity index (χ0v) is 11.5. The van der Waals surface area contributed by atoms with Crippen LogP contribution < -0.4 is 0 Å². The highest BCUT2D eigenvalue weighted by Crippen LogP contribution is 2.19. The zero-order valence-electron chi connectivity index (χ0n) is 9.16. The first-order valence-corrected chi connectivity index (χ1v) is 6.32. The van der Waals surface area contributed by atoms with Crippen LogP contribution in [0.15, 0.2) is 41.0 Å². The second-order valence-corrected chi connectivity index (χ2v) is 4.99. The molecule has 0 aliphatic carbocycles. The Hall–Kier alpha value is -1.26. The number of pyridine rings is 1. The van der Waals surface area contributed by atoms with Gasteiger partial charge in [0.25, 0.3) is 0 Å². The van der Waals surface area contributed by atoms with Crippen molar-refractivity contribution in [2.24, 2.45) is 0 Å². The molecule has 0 saturated heterocycles. The van der Waals surface area contributed by atoms with E-state index in [1.165, 1.54) is 18.3 Å². The molecule has 1 aromatic carbocycles. The van der Waals surface area contributed by atoms with Crippen molar-refractivity contribution >= 4 is 33.3 Å². The van der Waals surface area contributed by atoms with Gasteiger partial charge in [0.2, 0.25) is 0 Å². The first-order valence-electron chi connectivity index (χ1n) is 5.15. The molecule has 0 aliphatic heterocycles. The monoisotopic (exact) mass is 327 g/mol. The number of benzene rings is 1. The van der Waals surface area contributed by atoms with E-state index in [-0.39, 0.29) is 18.0 Å². The minimum Gasteiger partial charge on any atom is -0.292 e. The molecule has 92 valence electrons. The highest BCUT2D eigenvalue weighted by Gasteiger charge is 2.11. The van der Waals surface area contributed by atoms with Gasteiger partial charge in [-0.25, -0.2) is 4.39 Å². The van der Waals surface area contributed by atoms with E-state index in [0.717, 1.165) is 5.56 Å². The Morgan fingerprint density at radius 3 is 2.72 bits per heavy atom. The Bertz CT molecular complexity index is 586. The number of aromatic nitrogens is 1. The number of ketones is 1. The fraction of sp³-hybridized carbons (Fsp3) is 0.0769. The van der Waals surface area contributed by atoms with Crippen molar-refractivity contribution in [2.45, 2.75) is 6.42 Å². The third-order valence-electron chi connectivity index (χ3n) is 2.38. The van der Waals surface area contributed by atoms with Crippen LogP contribution in [0.4, 0.5) is 4.39 Å². The molecule has 1 heterocycles.